The third kappa shape index (κ3) is 3.81. The van der Waals surface area contributed by atoms with E-state index in [1.54, 1.807) is 19.1 Å². The van der Waals surface area contributed by atoms with Gasteiger partial charge in [-0.15, -0.1) is 10.2 Å². The Hall–Kier alpha value is -3.19. The van der Waals surface area contributed by atoms with Crippen LogP contribution in [-0.4, -0.2) is 27.7 Å². The van der Waals surface area contributed by atoms with Crippen LogP contribution in [0.4, 0.5) is 5.13 Å². The molecule has 4 rings (SSSR count). The SMILES string of the molecule is Cc1ccc(C(=O)C2C(=O)C(=O)N(c3nnc(C)s3)C2c2ccc(C(C)C)cc2)cc1. The summed E-state index contributed by atoms with van der Waals surface area (Å²) in [6.45, 7) is 7.90. The van der Waals surface area contributed by atoms with E-state index in [1.165, 1.54) is 16.2 Å². The number of aryl methyl sites for hydroxylation is 2. The lowest BCUT2D eigenvalue weighted by Crippen LogP contribution is -2.30. The van der Waals surface area contributed by atoms with Crippen LogP contribution in [0.5, 0.6) is 0 Å². The average molecular weight is 434 g/mol. The fourth-order valence-electron chi connectivity index (χ4n) is 3.84. The van der Waals surface area contributed by atoms with Gasteiger partial charge in [0.25, 0.3) is 5.91 Å². The van der Waals surface area contributed by atoms with Gasteiger partial charge in [-0.25, -0.2) is 0 Å². The lowest BCUT2D eigenvalue weighted by atomic mass is 9.85. The van der Waals surface area contributed by atoms with Gasteiger partial charge in [-0.3, -0.25) is 19.3 Å². The van der Waals surface area contributed by atoms with Crippen LogP contribution in [0.15, 0.2) is 48.5 Å². The summed E-state index contributed by atoms with van der Waals surface area (Å²) < 4.78 is 0. The molecule has 0 spiro atoms. The fourth-order valence-corrected chi connectivity index (χ4v) is 4.56. The van der Waals surface area contributed by atoms with Crippen LogP contribution in [0.2, 0.25) is 0 Å². The molecule has 2 heterocycles. The highest BCUT2D eigenvalue weighted by Gasteiger charge is 2.53. The second-order valence-electron chi connectivity index (χ2n) is 8.12. The second kappa shape index (κ2) is 8.15. The van der Waals surface area contributed by atoms with Gasteiger partial charge >= 0.3 is 0 Å². The van der Waals surface area contributed by atoms with E-state index >= 15 is 0 Å². The highest BCUT2D eigenvalue weighted by Crippen LogP contribution is 2.42. The maximum atomic E-state index is 13.4. The van der Waals surface area contributed by atoms with Gasteiger partial charge in [0.15, 0.2) is 5.78 Å². The Bertz CT molecular complexity index is 1150. The molecule has 0 saturated carbocycles. The molecule has 158 valence electrons. The Morgan fingerprint density at radius 3 is 2.16 bits per heavy atom. The molecule has 1 fully saturated rings. The first-order chi connectivity index (χ1) is 14.8. The smallest absolute Gasteiger partial charge is 0.293 e. The molecule has 0 radical (unpaired) electrons. The molecule has 1 aromatic heterocycles. The summed E-state index contributed by atoms with van der Waals surface area (Å²) in [6, 6.07) is 14.0. The number of rotatable bonds is 5. The highest BCUT2D eigenvalue weighted by molar-refractivity contribution is 7.15. The molecule has 2 aromatic carbocycles. The number of Topliss-reactive ketones (excluding diaryl/α,β-unsaturated/α-hetero) is 2. The van der Waals surface area contributed by atoms with Gasteiger partial charge < -0.3 is 0 Å². The van der Waals surface area contributed by atoms with E-state index in [1.807, 2.05) is 43.3 Å². The van der Waals surface area contributed by atoms with Crippen molar-refractivity contribution in [1.29, 1.82) is 0 Å². The molecular weight excluding hydrogens is 410 g/mol. The second-order valence-corrected chi connectivity index (χ2v) is 9.28. The molecule has 0 bridgehead atoms. The molecule has 1 saturated heterocycles. The summed E-state index contributed by atoms with van der Waals surface area (Å²) in [5, 5.41) is 9.10. The summed E-state index contributed by atoms with van der Waals surface area (Å²) in [7, 11) is 0. The third-order valence-electron chi connectivity index (χ3n) is 5.59. The summed E-state index contributed by atoms with van der Waals surface area (Å²) >= 11 is 1.23. The summed E-state index contributed by atoms with van der Waals surface area (Å²) in [4.78, 5) is 40.9. The molecule has 6 nitrogen and oxygen atoms in total. The van der Waals surface area contributed by atoms with E-state index in [-0.39, 0.29) is 5.78 Å². The number of carbonyl (C=O) groups is 3. The minimum atomic E-state index is -1.13. The molecule has 0 aliphatic carbocycles. The van der Waals surface area contributed by atoms with Gasteiger partial charge in [0.1, 0.15) is 10.9 Å². The number of anilines is 1. The molecule has 2 unspecified atom stereocenters. The van der Waals surface area contributed by atoms with Gasteiger partial charge in [-0.2, -0.15) is 0 Å². The Morgan fingerprint density at radius 1 is 0.968 bits per heavy atom. The van der Waals surface area contributed by atoms with Crippen LogP contribution in [0.25, 0.3) is 0 Å². The lowest BCUT2D eigenvalue weighted by molar-refractivity contribution is -0.135. The quantitative estimate of drug-likeness (QED) is 0.338. The molecule has 0 N–H and O–H groups in total. The zero-order chi connectivity index (χ0) is 22.3. The highest BCUT2D eigenvalue weighted by atomic mass is 32.1. The minimum Gasteiger partial charge on any atom is -0.293 e. The molecular formula is C24H23N3O3S. The van der Waals surface area contributed by atoms with Crippen molar-refractivity contribution in [2.75, 3.05) is 4.90 Å². The molecule has 31 heavy (non-hydrogen) atoms. The van der Waals surface area contributed by atoms with Crippen molar-refractivity contribution in [2.24, 2.45) is 5.92 Å². The van der Waals surface area contributed by atoms with Crippen LogP contribution >= 0.6 is 11.3 Å². The first kappa shape index (κ1) is 21.1. The number of nitrogens with zero attached hydrogens (tertiary/aromatic N) is 3. The van der Waals surface area contributed by atoms with Crippen LogP contribution in [0.1, 0.15) is 57.9 Å². The number of amides is 1. The van der Waals surface area contributed by atoms with Crippen molar-refractivity contribution in [3.63, 3.8) is 0 Å². The summed E-state index contributed by atoms with van der Waals surface area (Å²) in [6.07, 6.45) is 0. The van der Waals surface area contributed by atoms with E-state index in [9.17, 15) is 14.4 Å². The monoisotopic (exact) mass is 433 g/mol. The number of carbonyl (C=O) groups excluding carboxylic acids is 3. The first-order valence-corrected chi connectivity index (χ1v) is 11.0. The largest absolute Gasteiger partial charge is 0.297 e. The topological polar surface area (TPSA) is 80.2 Å². The van der Waals surface area contributed by atoms with Crippen molar-refractivity contribution in [3.05, 3.63) is 75.8 Å². The number of hydrogen-bond donors (Lipinski definition) is 0. The Labute approximate surface area is 184 Å². The Balaban J connectivity index is 1.83. The molecule has 3 aromatic rings. The van der Waals surface area contributed by atoms with Gasteiger partial charge in [-0.1, -0.05) is 79.3 Å². The third-order valence-corrected chi connectivity index (χ3v) is 6.43. The Morgan fingerprint density at radius 2 is 1.61 bits per heavy atom. The maximum Gasteiger partial charge on any atom is 0.297 e. The zero-order valence-electron chi connectivity index (χ0n) is 17.8. The lowest BCUT2D eigenvalue weighted by Gasteiger charge is -2.25. The maximum absolute atomic E-state index is 13.4. The standard InChI is InChI=1S/C24H23N3O3S/c1-13(2)16-9-11-17(12-10-16)20-19(21(28)18-7-5-14(3)6-8-18)22(29)23(30)27(20)24-26-25-15(4)31-24/h5-13,19-20H,1-4H3. The molecule has 7 heteroatoms. The number of benzene rings is 2. The molecule has 2 atom stereocenters. The van der Waals surface area contributed by atoms with Crippen molar-refractivity contribution >= 4 is 33.9 Å². The van der Waals surface area contributed by atoms with E-state index in [2.05, 4.69) is 24.0 Å². The van der Waals surface area contributed by atoms with E-state index in [0.29, 0.717) is 21.6 Å². The van der Waals surface area contributed by atoms with Gasteiger partial charge in [0.05, 0.1) is 6.04 Å². The number of hydrogen-bond acceptors (Lipinski definition) is 6. The molecule has 1 aliphatic heterocycles. The van der Waals surface area contributed by atoms with Crippen LogP contribution in [-0.2, 0) is 9.59 Å². The van der Waals surface area contributed by atoms with Gasteiger partial charge in [0.2, 0.25) is 10.9 Å². The summed E-state index contributed by atoms with van der Waals surface area (Å²) in [5.74, 6) is -2.59. The molecule has 1 aliphatic rings. The zero-order valence-corrected chi connectivity index (χ0v) is 18.6. The van der Waals surface area contributed by atoms with Gasteiger partial charge in [0, 0.05) is 5.56 Å². The van der Waals surface area contributed by atoms with E-state index in [4.69, 9.17) is 0 Å². The van der Waals surface area contributed by atoms with Crippen molar-refractivity contribution in [2.45, 2.75) is 39.7 Å². The first-order valence-electron chi connectivity index (χ1n) is 10.2. The predicted octanol–water partition coefficient (Wildman–Crippen LogP) is 4.43. The van der Waals surface area contributed by atoms with Crippen molar-refractivity contribution < 1.29 is 14.4 Å². The Kier molecular flexibility index (Phi) is 5.54. The predicted molar refractivity (Wildman–Crippen MR) is 119 cm³/mol. The number of aromatic nitrogens is 2. The van der Waals surface area contributed by atoms with E-state index < -0.39 is 23.7 Å². The van der Waals surface area contributed by atoms with Crippen LogP contribution < -0.4 is 4.90 Å². The fraction of sp³-hybridized carbons (Fsp3) is 0.292. The van der Waals surface area contributed by atoms with Crippen LogP contribution in [0.3, 0.4) is 0 Å². The normalized spacial score (nSPS) is 18.8. The van der Waals surface area contributed by atoms with Gasteiger partial charge in [-0.05, 0) is 30.9 Å². The summed E-state index contributed by atoms with van der Waals surface area (Å²) in [5.41, 5.74) is 3.29. The van der Waals surface area contributed by atoms with Crippen molar-refractivity contribution in [1.82, 2.24) is 10.2 Å². The van der Waals surface area contributed by atoms with Crippen LogP contribution in [0, 0.1) is 19.8 Å². The molecule has 1 amide bonds. The van der Waals surface area contributed by atoms with E-state index in [0.717, 1.165) is 16.7 Å². The minimum absolute atomic E-state index is 0.327. The average Bonchev–Trinajstić information content (AvgIpc) is 3.29. The van der Waals surface area contributed by atoms with Crippen molar-refractivity contribution in [3.8, 4) is 0 Å². The number of ketones is 2.